The lowest BCUT2D eigenvalue weighted by atomic mass is 9.77. The van der Waals surface area contributed by atoms with Gasteiger partial charge < -0.3 is 9.84 Å². The van der Waals surface area contributed by atoms with Crippen molar-refractivity contribution in [3.63, 3.8) is 0 Å². The molecule has 8 heteroatoms. The van der Waals surface area contributed by atoms with E-state index in [1.807, 2.05) is 29.1 Å². The molecule has 152 valence electrons. The highest BCUT2D eigenvalue weighted by Crippen LogP contribution is 2.41. The molecule has 5 rings (SSSR count). The minimum atomic E-state index is -0.346. The number of aromatic nitrogens is 4. The number of hydrogen-bond acceptors (Lipinski definition) is 7. The van der Waals surface area contributed by atoms with Crippen LogP contribution in [0, 0.1) is 11.8 Å². The molecule has 0 amide bonds. The molecule has 1 N–H and O–H groups in total. The predicted molar refractivity (Wildman–Crippen MR) is 111 cm³/mol. The van der Waals surface area contributed by atoms with Gasteiger partial charge in [0.25, 0.3) is 0 Å². The van der Waals surface area contributed by atoms with Crippen LogP contribution in [0.1, 0.15) is 23.8 Å². The molecule has 1 saturated heterocycles. The fourth-order valence-electron chi connectivity index (χ4n) is 4.80. The second-order valence-electron chi connectivity index (χ2n) is 8.06. The maximum Gasteiger partial charge on any atom is 0.137 e. The lowest BCUT2D eigenvalue weighted by Gasteiger charge is -2.35. The summed E-state index contributed by atoms with van der Waals surface area (Å²) in [6.07, 6.45) is 6.71. The topological polar surface area (TPSA) is 76.3 Å². The van der Waals surface area contributed by atoms with Crippen LogP contribution in [-0.4, -0.2) is 56.1 Å². The zero-order chi connectivity index (χ0) is 19.8. The highest BCUT2D eigenvalue weighted by atomic mass is 32.1. The number of fused-ring (bicyclic) bond motifs is 1. The van der Waals surface area contributed by atoms with Crippen LogP contribution in [0.3, 0.4) is 0 Å². The van der Waals surface area contributed by atoms with Crippen molar-refractivity contribution in [1.82, 2.24) is 24.6 Å². The molecule has 2 fully saturated rings. The highest BCUT2D eigenvalue weighted by Gasteiger charge is 2.42. The summed E-state index contributed by atoms with van der Waals surface area (Å²) in [6.45, 7) is 3.02. The van der Waals surface area contributed by atoms with Gasteiger partial charge in [-0.3, -0.25) is 4.90 Å². The van der Waals surface area contributed by atoms with E-state index in [2.05, 4.69) is 26.0 Å². The summed E-state index contributed by atoms with van der Waals surface area (Å²) < 4.78 is 7.15. The number of thiazole rings is 1. The van der Waals surface area contributed by atoms with Gasteiger partial charge in [-0.1, -0.05) is 12.1 Å². The number of methoxy groups -OCH3 is 1. The maximum atomic E-state index is 10.6. The molecule has 0 unspecified atom stereocenters. The summed E-state index contributed by atoms with van der Waals surface area (Å²) >= 11 is 1.74. The van der Waals surface area contributed by atoms with E-state index in [9.17, 15) is 5.11 Å². The monoisotopic (exact) mass is 411 g/mol. The molecule has 0 spiro atoms. The van der Waals surface area contributed by atoms with Gasteiger partial charge in [0.15, 0.2) is 0 Å². The minimum Gasteiger partial charge on any atom is -0.497 e. The Morgan fingerprint density at radius 3 is 2.90 bits per heavy atom. The van der Waals surface area contributed by atoms with Crippen molar-refractivity contribution in [3.05, 3.63) is 48.0 Å². The number of aliphatic hydroxyl groups excluding tert-OH is 1. The van der Waals surface area contributed by atoms with Crippen molar-refractivity contribution >= 4 is 11.3 Å². The molecule has 1 aromatic carbocycles. The van der Waals surface area contributed by atoms with Gasteiger partial charge in [0.2, 0.25) is 0 Å². The zero-order valence-electron chi connectivity index (χ0n) is 16.4. The Balaban J connectivity index is 1.24. The van der Waals surface area contributed by atoms with Gasteiger partial charge in [0.05, 0.1) is 19.3 Å². The van der Waals surface area contributed by atoms with E-state index >= 15 is 0 Å². The molecular formula is C21H25N5O2S. The van der Waals surface area contributed by atoms with E-state index < -0.39 is 0 Å². The fraction of sp³-hybridized carbons (Fsp3) is 0.476. The third-order valence-corrected chi connectivity index (χ3v) is 7.24. The van der Waals surface area contributed by atoms with Gasteiger partial charge in [0, 0.05) is 36.3 Å². The van der Waals surface area contributed by atoms with E-state index in [1.165, 1.54) is 4.88 Å². The van der Waals surface area contributed by atoms with E-state index in [4.69, 9.17) is 4.74 Å². The Hall–Kier alpha value is -2.29. The molecule has 0 radical (unpaired) electrons. The van der Waals surface area contributed by atoms with Crippen LogP contribution in [0.4, 0.5) is 0 Å². The Kier molecular flexibility index (Phi) is 5.07. The maximum absolute atomic E-state index is 10.6. The van der Waals surface area contributed by atoms with Crippen molar-refractivity contribution in [2.45, 2.75) is 31.5 Å². The molecule has 4 atom stereocenters. The van der Waals surface area contributed by atoms with Gasteiger partial charge in [-0.05, 0) is 36.8 Å². The van der Waals surface area contributed by atoms with Crippen LogP contribution in [-0.2, 0) is 6.54 Å². The van der Waals surface area contributed by atoms with Crippen molar-refractivity contribution in [3.8, 4) is 16.3 Å². The van der Waals surface area contributed by atoms with Gasteiger partial charge >= 0.3 is 0 Å². The van der Waals surface area contributed by atoms with Crippen LogP contribution in [0.25, 0.3) is 10.6 Å². The first kappa shape index (κ1) is 18.7. The van der Waals surface area contributed by atoms with Crippen molar-refractivity contribution < 1.29 is 9.84 Å². The Bertz CT molecular complexity index is 960. The molecule has 29 heavy (non-hydrogen) atoms. The molecule has 2 aliphatic rings. The summed E-state index contributed by atoms with van der Waals surface area (Å²) in [4.78, 5) is 12.5. The number of hydrogen-bond donors (Lipinski definition) is 1. The first-order chi connectivity index (χ1) is 14.2. The first-order valence-electron chi connectivity index (χ1n) is 10.0. The molecule has 3 aromatic rings. The van der Waals surface area contributed by atoms with Crippen LogP contribution >= 0.6 is 11.3 Å². The van der Waals surface area contributed by atoms with Crippen LogP contribution in [0.5, 0.6) is 5.75 Å². The summed E-state index contributed by atoms with van der Waals surface area (Å²) in [6, 6.07) is 8.09. The summed E-state index contributed by atoms with van der Waals surface area (Å²) in [5, 5.41) is 15.9. The summed E-state index contributed by atoms with van der Waals surface area (Å²) in [7, 11) is 1.68. The van der Waals surface area contributed by atoms with E-state index in [0.29, 0.717) is 11.8 Å². The quantitative estimate of drug-likeness (QED) is 0.696. The van der Waals surface area contributed by atoms with Crippen LogP contribution in [0.15, 0.2) is 43.1 Å². The smallest absolute Gasteiger partial charge is 0.137 e. The predicted octanol–water partition coefficient (Wildman–Crippen LogP) is 2.85. The van der Waals surface area contributed by atoms with Crippen molar-refractivity contribution in [2.24, 2.45) is 11.8 Å². The second kappa shape index (κ2) is 7.85. The molecule has 3 heterocycles. The van der Waals surface area contributed by atoms with E-state index in [1.54, 1.807) is 31.1 Å². The SMILES string of the molecule is COc1cccc(-c2ncc(CN3C[C@H]4C[C@@H](n5cncn5)[C@H](O)C[C@H]4C3)s2)c1. The van der Waals surface area contributed by atoms with Gasteiger partial charge in [-0.2, -0.15) is 5.10 Å². The third kappa shape index (κ3) is 3.80. The molecule has 0 bridgehead atoms. The number of rotatable bonds is 5. The summed E-state index contributed by atoms with van der Waals surface area (Å²) in [5.74, 6) is 2.00. The number of ether oxygens (including phenoxy) is 1. The highest BCUT2D eigenvalue weighted by molar-refractivity contribution is 7.15. The van der Waals surface area contributed by atoms with Crippen LogP contribution in [0.2, 0.25) is 0 Å². The average molecular weight is 412 g/mol. The van der Waals surface area contributed by atoms with Crippen LogP contribution < -0.4 is 4.74 Å². The number of nitrogens with zero attached hydrogens (tertiary/aromatic N) is 5. The summed E-state index contributed by atoms with van der Waals surface area (Å²) in [5.41, 5.74) is 1.09. The molecule has 1 aliphatic heterocycles. The number of benzene rings is 1. The first-order valence-corrected chi connectivity index (χ1v) is 10.8. The number of aliphatic hydroxyl groups is 1. The zero-order valence-corrected chi connectivity index (χ0v) is 17.2. The van der Waals surface area contributed by atoms with Gasteiger partial charge in [-0.25, -0.2) is 14.6 Å². The molecule has 1 saturated carbocycles. The fourth-order valence-corrected chi connectivity index (χ4v) is 5.75. The Morgan fingerprint density at radius 2 is 2.10 bits per heavy atom. The molecule has 1 aliphatic carbocycles. The Morgan fingerprint density at radius 1 is 1.24 bits per heavy atom. The Labute approximate surface area is 174 Å². The third-order valence-electron chi connectivity index (χ3n) is 6.21. The molecular weight excluding hydrogens is 386 g/mol. The lowest BCUT2D eigenvalue weighted by Crippen LogP contribution is -2.36. The normalized spacial score (nSPS) is 27.1. The molecule has 7 nitrogen and oxygen atoms in total. The van der Waals surface area contributed by atoms with E-state index in [-0.39, 0.29) is 12.1 Å². The minimum absolute atomic E-state index is 0.0433. The number of likely N-dealkylation sites (tertiary alicyclic amines) is 1. The van der Waals surface area contributed by atoms with E-state index in [0.717, 1.165) is 48.8 Å². The average Bonchev–Trinajstić information content (AvgIpc) is 3.48. The largest absolute Gasteiger partial charge is 0.497 e. The lowest BCUT2D eigenvalue weighted by molar-refractivity contribution is 0.0304. The van der Waals surface area contributed by atoms with Crippen molar-refractivity contribution in [2.75, 3.05) is 20.2 Å². The molecule has 2 aromatic heterocycles. The van der Waals surface area contributed by atoms with Gasteiger partial charge in [0.1, 0.15) is 23.4 Å². The second-order valence-corrected chi connectivity index (χ2v) is 9.17. The standard InChI is InChI=1S/C21H25N5O2S/c1-28-17-4-2-3-14(5-17)21-23-8-18(29-21)11-25-9-15-6-19(26-13-22-12-24-26)20(27)7-16(15)10-25/h2-5,8,12-13,15-16,19-20,27H,6-7,9-11H2,1H3/t15-,16+,19-,20-/m1/s1. The van der Waals surface area contributed by atoms with Crippen molar-refractivity contribution in [1.29, 1.82) is 0 Å². The van der Waals surface area contributed by atoms with Gasteiger partial charge in [-0.15, -0.1) is 11.3 Å².